The van der Waals surface area contributed by atoms with Crippen molar-refractivity contribution in [2.75, 3.05) is 13.1 Å². The lowest BCUT2D eigenvalue weighted by Crippen LogP contribution is -2.39. The van der Waals surface area contributed by atoms with Crippen LogP contribution in [0.3, 0.4) is 0 Å². The molecule has 1 heterocycles. The first-order valence-corrected chi connectivity index (χ1v) is 5.07. The maximum absolute atomic E-state index is 5.70. The lowest BCUT2D eigenvalue weighted by atomic mass is 9.83. The van der Waals surface area contributed by atoms with E-state index in [9.17, 15) is 0 Å². The Morgan fingerprint density at radius 1 is 1.42 bits per heavy atom. The number of nitrogens with one attached hydrogen (secondary N) is 1. The quantitative estimate of drug-likeness (QED) is 0.673. The van der Waals surface area contributed by atoms with Gasteiger partial charge in [-0.1, -0.05) is 20.3 Å². The molecule has 72 valence electrons. The Labute approximate surface area is 75.9 Å². The van der Waals surface area contributed by atoms with Gasteiger partial charge in [0.05, 0.1) is 0 Å². The Kier molecular flexibility index (Phi) is 3.53. The molecule has 0 saturated carbocycles. The molecule has 1 rings (SSSR count). The second kappa shape index (κ2) is 4.24. The summed E-state index contributed by atoms with van der Waals surface area (Å²) in [5.74, 6) is 0. The Bertz CT molecular complexity index is 126. The molecule has 0 aliphatic carbocycles. The van der Waals surface area contributed by atoms with Crippen LogP contribution in [0.4, 0.5) is 0 Å². The molecule has 12 heavy (non-hydrogen) atoms. The van der Waals surface area contributed by atoms with Gasteiger partial charge in [0.2, 0.25) is 0 Å². The maximum Gasteiger partial charge on any atom is 0.00726 e. The van der Waals surface area contributed by atoms with Gasteiger partial charge in [-0.25, -0.2) is 0 Å². The summed E-state index contributed by atoms with van der Waals surface area (Å²) in [6.07, 6.45) is 5.30. The van der Waals surface area contributed by atoms with Gasteiger partial charge in [-0.3, -0.25) is 0 Å². The van der Waals surface area contributed by atoms with E-state index in [-0.39, 0.29) is 0 Å². The third kappa shape index (κ3) is 3.11. The van der Waals surface area contributed by atoms with E-state index >= 15 is 0 Å². The lowest BCUT2D eigenvalue weighted by Gasteiger charge is -2.31. The van der Waals surface area contributed by atoms with Gasteiger partial charge in [0.1, 0.15) is 0 Å². The summed E-state index contributed by atoms with van der Waals surface area (Å²) < 4.78 is 0. The van der Waals surface area contributed by atoms with Gasteiger partial charge in [0.15, 0.2) is 0 Å². The van der Waals surface area contributed by atoms with E-state index in [1.165, 1.54) is 32.2 Å². The summed E-state index contributed by atoms with van der Waals surface area (Å²) in [7, 11) is 0. The van der Waals surface area contributed by atoms with Crippen molar-refractivity contribution in [3.05, 3.63) is 0 Å². The van der Waals surface area contributed by atoms with Gasteiger partial charge in [0, 0.05) is 6.04 Å². The zero-order valence-corrected chi connectivity index (χ0v) is 8.40. The fourth-order valence-electron chi connectivity index (χ4n) is 1.85. The fraction of sp³-hybridized carbons (Fsp3) is 1.00. The molecule has 1 atom stereocenters. The van der Waals surface area contributed by atoms with Gasteiger partial charge in [-0.05, 0) is 37.8 Å². The second-order valence-corrected chi connectivity index (χ2v) is 4.72. The van der Waals surface area contributed by atoms with Crippen LogP contribution in [0.1, 0.15) is 39.5 Å². The molecule has 2 heteroatoms. The highest BCUT2D eigenvalue weighted by molar-refractivity contribution is 4.80. The van der Waals surface area contributed by atoms with Crippen LogP contribution in [0.5, 0.6) is 0 Å². The standard InChI is InChI=1S/C10H22N2/c1-10(2,8-11)7-9-5-3-4-6-12-9/h9,12H,3-8,11H2,1-2H3. The van der Waals surface area contributed by atoms with E-state index in [2.05, 4.69) is 19.2 Å². The normalized spacial score (nSPS) is 25.8. The van der Waals surface area contributed by atoms with Gasteiger partial charge < -0.3 is 11.1 Å². The van der Waals surface area contributed by atoms with Crippen LogP contribution in [0.15, 0.2) is 0 Å². The number of nitrogens with two attached hydrogens (primary N) is 1. The van der Waals surface area contributed by atoms with Crippen molar-refractivity contribution < 1.29 is 0 Å². The number of hydrogen-bond donors (Lipinski definition) is 2. The molecule has 0 aromatic carbocycles. The number of piperidine rings is 1. The van der Waals surface area contributed by atoms with Crippen LogP contribution in [0, 0.1) is 5.41 Å². The van der Waals surface area contributed by atoms with Gasteiger partial charge in [-0.15, -0.1) is 0 Å². The number of hydrogen-bond acceptors (Lipinski definition) is 2. The van der Waals surface area contributed by atoms with Crippen LogP contribution >= 0.6 is 0 Å². The highest BCUT2D eigenvalue weighted by Crippen LogP contribution is 2.24. The molecule has 1 unspecified atom stereocenters. The van der Waals surface area contributed by atoms with E-state index in [1.54, 1.807) is 0 Å². The molecule has 1 aliphatic heterocycles. The van der Waals surface area contributed by atoms with Crippen molar-refractivity contribution in [3.63, 3.8) is 0 Å². The monoisotopic (exact) mass is 170 g/mol. The summed E-state index contributed by atoms with van der Waals surface area (Å²) in [5.41, 5.74) is 6.01. The SMILES string of the molecule is CC(C)(CN)CC1CCCCN1. The molecule has 1 saturated heterocycles. The summed E-state index contributed by atoms with van der Waals surface area (Å²) in [6, 6.07) is 0.720. The van der Waals surface area contributed by atoms with E-state index in [0.717, 1.165) is 12.6 Å². The fourth-order valence-corrected chi connectivity index (χ4v) is 1.85. The zero-order chi connectivity index (χ0) is 9.03. The van der Waals surface area contributed by atoms with Crippen LogP contribution in [0.2, 0.25) is 0 Å². The first kappa shape index (κ1) is 10.0. The summed E-state index contributed by atoms with van der Waals surface area (Å²) in [6.45, 7) is 6.50. The zero-order valence-electron chi connectivity index (χ0n) is 8.40. The molecule has 1 aliphatic rings. The highest BCUT2D eigenvalue weighted by atomic mass is 14.9. The lowest BCUT2D eigenvalue weighted by molar-refractivity contribution is 0.260. The predicted octanol–water partition coefficient (Wildman–Crippen LogP) is 1.50. The van der Waals surface area contributed by atoms with E-state index in [0.29, 0.717) is 5.41 Å². The minimum Gasteiger partial charge on any atom is -0.330 e. The second-order valence-electron chi connectivity index (χ2n) is 4.72. The molecule has 0 amide bonds. The molecule has 2 nitrogen and oxygen atoms in total. The molecule has 0 radical (unpaired) electrons. The Morgan fingerprint density at radius 2 is 2.17 bits per heavy atom. The molecule has 0 aromatic rings. The van der Waals surface area contributed by atoms with Crippen molar-refractivity contribution in [1.29, 1.82) is 0 Å². The van der Waals surface area contributed by atoms with Crippen molar-refractivity contribution in [3.8, 4) is 0 Å². The van der Waals surface area contributed by atoms with Crippen LogP contribution < -0.4 is 11.1 Å². The molecule has 1 fully saturated rings. The molecular formula is C10H22N2. The average Bonchev–Trinajstić information content (AvgIpc) is 2.06. The van der Waals surface area contributed by atoms with E-state index in [4.69, 9.17) is 5.73 Å². The van der Waals surface area contributed by atoms with Crippen molar-refractivity contribution in [1.82, 2.24) is 5.32 Å². The van der Waals surface area contributed by atoms with E-state index in [1.807, 2.05) is 0 Å². The van der Waals surface area contributed by atoms with Crippen LogP contribution in [-0.2, 0) is 0 Å². The smallest absolute Gasteiger partial charge is 0.00726 e. The Hall–Kier alpha value is -0.0800. The molecule has 0 bridgehead atoms. The van der Waals surface area contributed by atoms with Crippen molar-refractivity contribution >= 4 is 0 Å². The van der Waals surface area contributed by atoms with Crippen LogP contribution in [-0.4, -0.2) is 19.1 Å². The Balaban J connectivity index is 2.28. The van der Waals surface area contributed by atoms with Crippen molar-refractivity contribution in [2.45, 2.75) is 45.6 Å². The predicted molar refractivity (Wildman–Crippen MR) is 53.1 cm³/mol. The average molecular weight is 170 g/mol. The molecule has 0 spiro atoms. The minimum absolute atomic E-state index is 0.314. The maximum atomic E-state index is 5.70. The molecular weight excluding hydrogens is 148 g/mol. The summed E-state index contributed by atoms with van der Waals surface area (Å²) >= 11 is 0. The van der Waals surface area contributed by atoms with E-state index < -0.39 is 0 Å². The van der Waals surface area contributed by atoms with Crippen molar-refractivity contribution in [2.24, 2.45) is 11.1 Å². The number of rotatable bonds is 3. The highest BCUT2D eigenvalue weighted by Gasteiger charge is 2.22. The topological polar surface area (TPSA) is 38.0 Å². The van der Waals surface area contributed by atoms with Gasteiger partial charge in [0.25, 0.3) is 0 Å². The van der Waals surface area contributed by atoms with Crippen LogP contribution in [0.25, 0.3) is 0 Å². The molecule has 0 aromatic heterocycles. The first-order chi connectivity index (χ1) is 5.64. The van der Waals surface area contributed by atoms with Gasteiger partial charge in [-0.2, -0.15) is 0 Å². The minimum atomic E-state index is 0.314. The molecule has 3 N–H and O–H groups in total. The third-order valence-corrected chi connectivity index (χ3v) is 2.76. The van der Waals surface area contributed by atoms with Gasteiger partial charge >= 0.3 is 0 Å². The largest absolute Gasteiger partial charge is 0.330 e. The third-order valence-electron chi connectivity index (χ3n) is 2.76. The summed E-state index contributed by atoms with van der Waals surface area (Å²) in [5, 5.41) is 3.55. The summed E-state index contributed by atoms with van der Waals surface area (Å²) in [4.78, 5) is 0. The Morgan fingerprint density at radius 3 is 2.67 bits per heavy atom. The first-order valence-electron chi connectivity index (χ1n) is 5.07.